The smallest absolute Gasteiger partial charge is 0.0731 e. The van der Waals surface area contributed by atoms with Crippen LogP contribution in [0, 0.1) is 0 Å². The Kier molecular flexibility index (Phi) is 7.26. The highest BCUT2D eigenvalue weighted by molar-refractivity contribution is 8.13. The first-order valence-corrected chi connectivity index (χ1v) is 5.75. The molecule has 0 aliphatic rings. The minimum Gasteiger partial charge on any atom is -0.252 e. The second kappa shape index (κ2) is 7.41. The molecule has 0 N–H and O–H groups in total. The molecule has 0 heterocycles. The zero-order chi connectivity index (χ0) is 9.40. The minimum atomic E-state index is 1.07. The van der Waals surface area contributed by atoms with Crippen LogP contribution in [0.3, 0.4) is 0 Å². The van der Waals surface area contributed by atoms with Crippen LogP contribution in [-0.4, -0.2) is 11.3 Å². The average Bonchev–Trinajstić information content (AvgIpc) is 2.04. The van der Waals surface area contributed by atoms with Gasteiger partial charge in [0.15, 0.2) is 0 Å². The lowest BCUT2D eigenvalue weighted by Gasteiger charge is -2.00. The van der Waals surface area contributed by atoms with Gasteiger partial charge < -0.3 is 0 Å². The normalized spacial score (nSPS) is 13.7. The fourth-order valence-electron chi connectivity index (χ4n) is 0.955. The monoisotopic (exact) mass is 185 g/mol. The molecule has 0 atom stereocenters. The summed E-state index contributed by atoms with van der Waals surface area (Å²) in [5.74, 6) is 0. The number of thioether (sulfide) groups is 1. The molecule has 0 aliphatic heterocycles. The van der Waals surface area contributed by atoms with Gasteiger partial charge in [0.25, 0.3) is 0 Å². The molecule has 1 nitrogen and oxygen atoms in total. The summed E-state index contributed by atoms with van der Waals surface area (Å²) in [5, 5.41) is 1.25. The Balaban J connectivity index is 4.16. The van der Waals surface area contributed by atoms with Gasteiger partial charge in [0.05, 0.1) is 5.04 Å². The van der Waals surface area contributed by atoms with Crippen LogP contribution in [-0.2, 0) is 0 Å². The highest BCUT2D eigenvalue weighted by Gasteiger charge is 1.94. The number of hydrogen-bond acceptors (Lipinski definition) is 2. The molecule has 0 radical (unpaired) electrons. The maximum absolute atomic E-state index is 4.52. The fourth-order valence-corrected chi connectivity index (χ4v) is 1.60. The van der Waals surface area contributed by atoms with Crippen molar-refractivity contribution in [1.29, 1.82) is 0 Å². The van der Waals surface area contributed by atoms with Crippen LogP contribution in [0.5, 0.6) is 0 Å². The summed E-state index contributed by atoms with van der Waals surface area (Å²) in [5.41, 5.74) is 1.15. The largest absolute Gasteiger partial charge is 0.252 e. The Morgan fingerprint density at radius 1 is 1.42 bits per heavy atom. The lowest BCUT2D eigenvalue weighted by molar-refractivity contribution is 0.999. The maximum atomic E-state index is 4.52. The summed E-state index contributed by atoms with van der Waals surface area (Å²) in [6.07, 6.45) is 7.61. The molecule has 0 saturated heterocycles. The van der Waals surface area contributed by atoms with Crippen molar-refractivity contribution in [2.24, 2.45) is 4.99 Å². The molecule has 0 aromatic rings. The Labute approximate surface area is 80.4 Å². The van der Waals surface area contributed by atoms with Crippen LogP contribution in [0.4, 0.5) is 0 Å². The number of nitrogens with zero attached hydrogens (tertiary/aromatic N) is 1. The zero-order valence-corrected chi connectivity index (χ0v) is 9.37. The lowest BCUT2D eigenvalue weighted by atomic mass is 10.3. The first-order valence-electron chi connectivity index (χ1n) is 4.52. The summed E-state index contributed by atoms with van der Waals surface area (Å²) < 4.78 is 0. The van der Waals surface area contributed by atoms with Crippen molar-refractivity contribution in [3.8, 4) is 0 Å². The topological polar surface area (TPSA) is 12.4 Å². The molecule has 0 amide bonds. The van der Waals surface area contributed by atoms with Crippen LogP contribution in [0.1, 0.15) is 40.0 Å². The van der Waals surface area contributed by atoms with E-state index < -0.39 is 0 Å². The van der Waals surface area contributed by atoms with Crippen molar-refractivity contribution in [1.82, 2.24) is 0 Å². The third kappa shape index (κ3) is 5.42. The van der Waals surface area contributed by atoms with Crippen molar-refractivity contribution >= 4 is 16.8 Å². The zero-order valence-electron chi connectivity index (χ0n) is 8.55. The van der Waals surface area contributed by atoms with Gasteiger partial charge in [-0.25, -0.2) is 0 Å². The van der Waals surface area contributed by atoms with E-state index in [1.54, 1.807) is 11.8 Å². The van der Waals surface area contributed by atoms with E-state index in [0.717, 1.165) is 18.5 Å². The summed E-state index contributed by atoms with van der Waals surface area (Å²) in [6, 6.07) is 0. The third-order valence-corrected chi connectivity index (χ3v) is 2.27. The van der Waals surface area contributed by atoms with Gasteiger partial charge in [-0.3, -0.25) is 4.99 Å². The Bertz CT molecular complexity index is 171. The van der Waals surface area contributed by atoms with E-state index in [-0.39, 0.29) is 0 Å². The summed E-state index contributed by atoms with van der Waals surface area (Å²) in [6.45, 7) is 6.39. The van der Waals surface area contributed by atoms with Gasteiger partial charge in [-0.15, -0.1) is 11.8 Å². The molecule has 0 bridgehead atoms. The number of rotatable bonds is 4. The molecule has 12 heavy (non-hydrogen) atoms. The van der Waals surface area contributed by atoms with Crippen LogP contribution in [0.2, 0.25) is 0 Å². The predicted octanol–water partition coefficient (Wildman–Crippen LogP) is 3.86. The van der Waals surface area contributed by atoms with Crippen molar-refractivity contribution < 1.29 is 0 Å². The van der Waals surface area contributed by atoms with E-state index in [4.69, 9.17) is 0 Å². The predicted molar refractivity (Wildman–Crippen MR) is 59.9 cm³/mol. The fraction of sp³-hybridized carbons (Fsp3) is 0.700. The van der Waals surface area contributed by atoms with Crippen molar-refractivity contribution in [2.45, 2.75) is 40.0 Å². The van der Waals surface area contributed by atoms with Crippen LogP contribution in [0.15, 0.2) is 16.8 Å². The van der Waals surface area contributed by atoms with Gasteiger partial charge in [-0.05, 0) is 26.0 Å². The van der Waals surface area contributed by atoms with Crippen molar-refractivity contribution in [3.05, 3.63) is 11.8 Å². The standard InChI is InChI=1S/C10H19NS/c1-5-7-9(3)11-10(12-4)8-6-2/h7H,5-6,8H2,1-4H3/b9-7+,11-10?. The number of hydrogen-bond donors (Lipinski definition) is 0. The van der Waals surface area contributed by atoms with E-state index in [9.17, 15) is 0 Å². The molecular weight excluding hydrogens is 166 g/mol. The number of allylic oxidation sites excluding steroid dienone is 2. The Morgan fingerprint density at radius 2 is 2.08 bits per heavy atom. The van der Waals surface area contributed by atoms with E-state index in [0.29, 0.717) is 0 Å². The van der Waals surface area contributed by atoms with E-state index in [1.165, 1.54) is 11.5 Å². The second-order valence-corrected chi connectivity index (χ2v) is 3.59. The molecule has 0 unspecified atom stereocenters. The molecule has 0 fully saturated rings. The molecule has 0 saturated carbocycles. The van der Waals surface area contributed by atoms with Gasteiger partial charge in [0.1, 0.15) is 0 Å². The molecule has 70 valence electrons. The van der Waals surface area contributed by atoms with Crippen LogP contribution in [0.25, 0.3) is 0 Å². The second-order valence-electron chi connectivity index (χ2n) is 2.71. The maximum Gasteiger partial charge on any atom is 0.0731 e. The van der Waals surface area contributed by atoms with E-state index in [1.807, 2.05) is 0 Å². The highest BCUT2D eigenvalue weighted by Crippen LogP contribution is 2.09. The lowest BCUT2D eigenvalue weighted by Crippen LogP contribution is -1.90. The summed E-state index contributed by atoms with van der Waals surface area (Å²) >= 11 is 1.76. The SMILES string of the molecule is CC/C=C(\C)N=C(CCC)SC. The van der Waals surface area contributed by atoms with E-state index in [2.05, 4.69) is 38.1 Å². The highest BCUT2D eigenvalue weighted by atomic mass is 32.2. The van der Waals surface area contributed by atoms with Crippen LogP contribution >= 0.6 is 11.8 Å². The first kappa shape index (κ1) is 11.8. The van der Waals surface area contributed by atoms with Crippen molar-refractivity contribution in [3.63, 3.8) is 0 Å². The summed E-state index contributed by atoms with van der Waals surface area (Å²) in [7, 11) is 0. The molecule has 0 aliphatic carbocycles. The van der Waals surface area contributed by atoms with Gasteiger partial charge in [0, 0.05) is 5.70 Å². The summed E-state index contributed by atoms with van der Waals surface area (Å²) in [4.78, 5) is 4.52. The molecule has 0 spiro atoms. The number of aliphatic imine (C=N–C) groups is 1. The Morgan fingerprint density at radius 3 is 2.50 bits per heavy atom. The first-order chi connectivity index (χ1) is 5.74. The molecule has 0 aromatic carbocycles. The quantitative estimate of drug-likeness (QED) is 0.478. The van der Waals surface area contributed by atoms with Crippen molar-refractivity contribution in [2.75, 3.05) is 6.26 Å². The van der Waals surface area contributed by atoms with Gasteiger partial charge in [-0.2, -0.15) is 0 Å². The van der Waals surface area contributed by atoms with Gasteiger partial charge in [-0.1, -0.05) is 26.3 Å². The van der Waals surface area contributed by atoms with Gasteiger partial charge >= 0.3 is 0 Å². The minimum absolute atomic E-state index is 1.07. The molecule has 0 rings (SSSR count). The Hall–Kier alpha value is -0.240. The van der Waals surface area contributed by atoms with E-state index >= 15 is 0 Å². The average molecular weight is 185 g/mol. The molecule has 2 heteroatoms. The third-order valence-electron chi connectivity index (χ3n) is 1.50. The van der Waals surface area contributed by atoms with Gasteiger partial charge in [0.2, 0.25) is 0 Å². The molecular formula is C10H19NS. The molecule has 0 aromatic heterocycles. The van der Waals surface area contributed by atoms with Crippen LogP contribution < -0.4 is 0 Å².